The summed E-state index contributed by atoms with van der Waals surface area (Å²) in [5.74, 6) is -1.62. The van der Waals surface area contributed by atoms with Gasteiger partial charge in [0.2, 0.25) is 11.7 Å². The van der Waals surface area contributed by atoms with Gasteiger partial charge in [0.05, 0.1) is 11.6 Å². The number of carbonyl (C=O) groups excluding carboxylic acids is 2. The highest BCUT2D eigenvalue weighted by Gasteiger charge is 2.44. The Balaban J connectivity index is 1.42. The standard InChI is InChI=1S/C26H25F2N5O3/c27-19-12-18(13-20(28)14-19)24(34)26(8-11-30-16-26)36-22-5-3-21(4-6-22)33(23-2-1-9-31-32-23)25(35)17-7-10-29-15-17/h1-6,9,12-14,17,29-30H,7-8,10-11,15-16H2/t17-,26+/m0/s1. The van der Waals surface area contributed by atoms with E-state index >= 15 is 0 Å². The lowest BCUT2D eigenvalue weighted by Crippen LogP contribution is -2.46. The van der Waals surface area contributed by atoms with Gasteiger partial charge in [-0.3, -0.25) is 14.5 Å². The number of anilines is 2. The molecule has 10 heteroatoms. The SMILES string of the molecule is O=C([C@H]1CCNC1)N(c1ccc(O[C@]2(C(=O)c3cc(F)cc(F)c3)CCNC2)cc1)c1cccnn1. The molecule has 3 aromatic rings. The maximum atomic E-state index is 13.8. The first-order valence-electron chi connectivity index (χ1n) is 11.8. The van der Waals surface area contributed by atoms with Gasteiger partial charge in [-0.2, -0.15) is 5.10 Å². The van der Waals surface area contributed by atoms with Gasteiger partial charge in [-0.1, -0.05) is 0 Å². The third-order valence-electron chi connectivity index (χ3n) is 6.48. The van der Waals surface area contributed by atoms with Gasteiger partial charge in [-0.05, 0) is 68.0 Å². The number of halogens is 2. The lowest BCUT2D eigenvalue weighted by Gasteiger charge is -2.29. The molecule has 186 valence electrons. The number of ketones is 1. The van der Waals surface area contributed by atoms with E-state index in [9.17, 15) is 18.4 Å². The first kappa shape index (κ1) is 24.0. The van der Waals surface area contributed by atoms with Crippen molar-refractivity contribution in [2.24, 2.45) is 5.92 Å². The van der Waals surface area contributed by atoms with E-state index in [4.69, 9.17) is 4.74 Å². The highest BCUT2D eigenvalue weighted by atomic mass is 19.1. The zero-order chi connectivity index (χ0) is 25.1. The molecule has 2 atom stereocenters. The van der Waals surface area contributed by atoms with Crippen molar-refractivity contribution >= 4 is 23.2 Å². The van der Waals surface area contributed by atoms with Crippen LogP contribution in [0.15, 0.2) is 60.8 Å². The Morgan fingerprint density at radius 2 is 1.81 bits per heavy atom. The molecule has 3 heterocycles. The van der Waals surface area contributed by atoms with Crippen molar-refractivity contribution in [3.05, 3.63) is 78.0 Å². The second-order valence-electron chi connectivity index (χ2n) is 8.95. The van der Waals surface area contributed by atoms with E-state index in [0.29, 0.717) is 36.8 Å². The quantitative estimate of drug-likeness (QED) is 0.489. The van der Waals surface area contributed by atoms with Crippen molar-refractivity contribution in [1.82, 2.24) is 20.8 Å². The maximum absolute atomic E-state index is 13.8. The topological polar surface area (TPSA) is 96.5 Å². The van der Waals surface area contributed by atoms with Gasteiger partial charge in [-0.15, -0.1) is 5.10 Å². The smallest absolute Gasteiger partial charge is 0.237 e. The summed E-state index contributed by atoms with van der Waals surface area (Å²) in [7, 11) is 0. The molecule has 0 aliphatic carbocycles. The minimum Gasteiger partial charge on any atom is -0.478 e. The van der Waals surface area contributed by atoms with E-state index < -0.39 is 23.0 Å². The van der Waals surface area contributed by atoms with Crippen molar-refractivity contribution in [3.8, 4) is 5.75 Å². The highest BCUT2D eigenvalue weighted by Crippen LogP contribution is 2.32. The molecule has 0 saturated carbocycles. The number of ether oxygens (including phenoxy) is 1. The summed E-state index contributed by atoms with van der Waals surface area (Å²) >= 11 is 0. The molecule has 2 N–H and O–H groups in total. The average Bonchev–Trinajstić information content (AvgIpc) is 3.58. The molecule has 1 amide bonds. The Bertz CT molecular complexity index is 1220. The lowest BCUT2D eigenvalue weighted by atomic mass is 9.91. The van der Waals surface area contributed by atoms with E-state index in [1.54, 1.807) is 36.4 Å². The molecule has 2 aliphatic rings. The Kier molecular flexibility index (Phi) is 6.71. The summed E-state index contributed by atoms with van der Waals surface area (Å²) in [6.07, 6.45) is 2.61. The van der Waals surface area contributed by atoms with Crippen molar-refractivity contribution in [1.29, 1.82) is 0 Å². The number of rotatable bonds is 7. The van der Waals surface area contributed by atoms with Crippen LogP contribution < -0.4 is 20.3 Å². The third-order valence-corrected chi connectivity index (χ3v) is 6.48. The molecule has 5 rings (SSSR count). The summed E-state index contributed by atoms with van der Waals surface area (Å²) in [5.41, 5.74) is -0.813. The maximum Gasteiger partial charge on any atom is 0.237 e. The van der Waals surface area contributed by atoms with E-state index in [0.717, 1.165) is 31.2 Å². The van der Waals surface area contributed by atoms with Gasteiger partial charge in [-0.25, -0.2) is 8.78 Å². The van der Waals surface area contributed by atoms with E-state index in [-0.39, 0.29) is 23.9 Å². The molecule has 2 aromatic carbocycles. The van der Waals surface area contributed by atoms with Crippen LogP contribution in [0.5, 0.6) is 5.75 Å². The number of hydrogen-bond acceptors (Lipinski definition) is 7. The fourth-order valence-electron chi connectivity index (χ4n) is 4.67. The number of hydrogen-bond donors (Lipinski definition) is 2. The largest absolute Gasteiger partial charge is 0.478 e. The van der Waals surface area contributed by atoms with Crippen molar-refractivity contribution in [3.63, 3.8) is 0 Å². The first-order chi connectivity index (χ1) is 17.4. The minimum atomic E-state index is -1.31. The molecule has 2 saturated heterocycles. The molecule has 1 aromatic heterocycles. The van der Waals surface area contributed by atoms with Crippen LogP contribution in [0.1, 0.15) is 23.2 Å². The zero-order valence-corrected chi connectivity index (χ0v) is 19.4. The summed E-state index contributed by atoms with van der Waals surface area (Å²) in [4.78, 5) is 28.2. The molecular formula is C26H25F2N5O3. The molecule has 36 heavy (non-hydrogen) atoms. The normalized spacial score (nSPS) is 21.3. The van der Waals surface area contributed by atoms with Crippen LogP contribution in [0, 0.1) is 17.6 Å². The van der Waals surface area contributed by atoms with Gasteiger partial charge in [0, 0.05) is 37.3 Å². The molecular weight excluding hydrogens is 468 g/mol. The second kappa shape index (κ2) is 10.1. The molecule has 0 spiro atoms. The third kappa shape index (κ3) is 4.82. The first-order valence-corrected chi connectivity index (χ1v) is 11.8. The van der Waals surface area contributed by atoms with E-state index in [2.05, 4.69) is 20.8 Å². The Labute approximate surface area is 206 Å². The predicted molar refractivity (Wildman–Crippen MR) is 128 cm³/mol. The number of nitrogens with zero attached hydrogens (tertiary/aromatic N) is 3. The zero-order valence-electron chi connectivity index (χ0n) is 19.4. The summed E-state index contributed by atoms with van der Waals surface area (Å²) in [5, 5.41) is 14.3. The van der Waals surface area contributed by atoms with Crippen LogP contribution in [-0.4, -0.2) is 53.7 Å². The monoisotopic (exact) mass is 493 g/mol. The number of benzene rings is 2. The number of aromatic nitrogens is 2. The number of carbonyl (C=O) groups is 2. The summed E-state index contributed by atoms with van der Waals surface area (Å²) < 4.78 is 33.7. The average molecular weight is 494 g/mol. The lowest BCUT2D eigenvalue weighted by molar-refractivity contribution is -0.121. The van der Waals surface area contributed by atoms with Crippen LogP contribution in [0.25, 0.3) is 0 Å². The van der Waals surface area contributed by atoms with E-state index in [1.165, 1.54) is 11.1 Å². The number of nitrogens with one attached hydrogen (secondary N) is 2. The van der Waals surface area contributed by atoms with E-state index in [1.807, 2.05) is 0 Å². The van der Waals surface area contributed by atoms with Gasteiger partial charge >= 0.3 is 0 Å². The van der Waals surface area contributed by atoms with Gasteiger partial charge < -0.3 is 15.4 Å². The molecule has 8 nitrogen and oxygen atoms in total. The number of amides is 1. The fourth-order valence-corrected chi connectivity index (χ4v) is 4.67. The summed E-state index contributed by atoms with van der Waals surface area (Å²) in [6, 6.07) is 12.9. The van der Waals surface area contributed by atoms with Crippen molar-refractivity contribution in [2.75, 3.05) is 31.1 Å². The molecule has 0 radical (unpaired) electrons. The van der Waals surface area contributed by atoms with Crippen LogP contribution in [0.3, 0.4) is 0 Å². The van der Waals surface area contributed by atoms with Crippen LogP contribution >= 0.6 is 0 Å². The van der Waals surface area contributed by atoms with Gasteiger partial charge in [0.1, 0.15) is 17.4 Å². The van der Waals surface area contributed by atoms with Crippen LogP contribution in [-0.2, 0) is 4.79 Å². The second-order valence-corrected chi connectivity index (χ2v) is 8.95. The molecule has 2 aliphatic heterocycles. The van der Waals surface area contributed by atoms with Crippen molar-refractivity contribution in [2.45, 2.75) is 18.4 Å². The minimum absolute atomic E-state index is 0.0857. The summed E-state index contributed by atoms with van der Waals surface area (Å²) in [6.45, 7) is 2.09. The van der Waals surface area contributed by atoms with Crippen LogP contribution in [0.4, 0.5) is 20.3 Å². The van der Waals surface area contributed by atoms with Crippen LogP contribution in [0.2, 0.25) is 0 Å². The van der Waals surface area contributed by atoms with Gasteiger partial charge in [0.25, 0.3) is 0 Å². The van der Waals surface area contributed by atoms with Crippen molar-refractivity contribution < 1.29 is 23.1 Å². The Morgan fingerprint density at radius 1 is 1.03 bits per heavy atom. The van der Waals surface area contributed by atoms with Gasteiger partial charge in [0.15, 0.2) is 11.4 Å². The molecule has 0 bridgehead atoms. The number of Topliss-reactive ketones (excluding diaryl/α,β-unsaturated/α-hetero) is 1. The molecule has 2 fully saturated rings. The Morgan fingerprint density at radius 3 is 2.42 bits per heavy atom. The highest BCUT2D eigenvalue weighted by molar-refractivity contribution is 6.03. The predicted octanol–water partition coefficient (Wildman–Crippen LogP) is 3.02. The molecule has 0 unspecified atom stereocenters. The fraction of sp³-hybridized carbons (Fsp3) is 0.308. The Hall–Kier alpha value is -3.76.